The number of pyridine rings is 1. The summed E-state index contributed by atoms with van der Waals surface area (Å²) >= 11 is 6.60. The maximum Gasteiger partial charge on any atom is 0.340 e. The minimum absolute atomic E-state index is 0.198. The van der Waals surface area contributed by atoms with Crippen molar-refractivity contribution in [1.29, 1.82) is 0 Å². The van der Waals surface area contributed by atoms with Gasteiger partial charge in [0.05, 0.1) is 23.8 Å². The Hall–Kier alpha value is -3.25. The average Bonchev–Trinajstić information content (AvgIpc) is 3.35. The predicted octanol–water partition coefficient (Wildman–Crippen LogP) is 7.36. The predicted molar refractivity (Wildman–Crippen MR) is 143 cm³/mol. The number of methoxy groups -OCH3 is 1. The van der Waals surface area contributed by atoms with Gasteiger partial charge in [-0.15, -0.1) is 0 Å². The summed E-state index contributed by atoms with van der Waals surface area (Å²) in [7, 11) is 1.65. The number of nitrogens with zero attached hydrogens (tertiary/aromatic N) is 2. The van der Waals surface area contributed by atoms with Crippen molar-refractivity contribution in [3.05, 3.63) is 77.1 Å². The van der Waals surface area contributed by atoms with E-state index in [0.29, 0.717) is 22.9 Å². The van der Waals surface area contributed by atoms with Gasteiger partial charge in [0, 0.05) is 36.4 Å². The summed E-state index contributed by atoms with van der Waals surface area (Å²) in [6.45, 7) is 6.04. The molecular formula is C29H33ClN2O4. The fourth-order valence-corrected chi connectivity index (χ4v) is 4.54. The summed E-state index contributed by atoms with van der Waals surface area (Å²) in [5.41, 5.74) is 2.49. The van der Waals surface area contributed by atoms with E-state index in [4.69, 9.17) is 25.8 Å². The number of hydrogen-bond acceptors (Lipinski definition) is 6. The number of carbonyl (C=O) groups is 1. The van der Waals surface area contributed by atoms with Gasteiger partial charge < -0.3 is 19.1 Å². The van der Waals surface area contributed by atoms with Crippen LogP contribution in [0.1, 0.15) is 62.4 Å². The lowest BCUT2D eigenvalue weighted by atomic mass is 10.1. The minimum atomic E-state index is -0.607. The van der Waals surface area contributed by atoms with Crippen LogP contribution in [0.25, 0.3) is 0 Å². The molecule has 0 amide bonds. The normalized spacial score (nSPS) is 13.9. The highest BCUT2D eigenvalue weighted by molar-refractivity contribution is 6.33. The topological polar surface area (TPSA) is 60.9 Å². The summed E-state index contributed by atoms with van der Waals surface area (Å²) in [5.74, 6) is 0.967. The van der Waals surface area contributed by atoms with E-state index in [2.05, 4.69) is 9.88 Å². The minimum Gasteiger partial charge on any atom is -0.493 e. The molecule has 2 aromatic carbocycles. The molecular weight excluding hydrogens is 476 g/mol. The van der Waals surface area contributed by atoms with Gasteiger partial charge >= 0.3 is 5.97 Å². The molecule has 7 heteroatoms. The molecule has 0 saturated heterocycles. The van der Waals surface area contributed by atoms with Gasteiger partial charge in [-0.2, -0.15) is 0 Å². The molecule has 1 heterocycles. The molecule has 0 bridgehead atoms. The first-order valence-corrected chi connectivity index (χ1v) is 12.7. The molecule has 4 rings (SSSR count). The number of hydrogen-bond donors (Lipinski definition) is 0. The average molecular weight is 509 g/mol. The third kappa shape index (κ3) is 6.49. The van der Waals surface area contributed by atoms with Crippen molar-refractivity contribution in [3.63, 3.8) is 0 Å². The zero-order valence-electron chi connectivity index (χ0n) is 21.3. The van der Waals surface area contributed by atoms with Crippen molar-refractivity contribution < 1.29 is 19.0 Å². The van der Waals surface area contributed by atoms with Crippen molar-refractivity contribution in [2.75, 3.05) is 12.0 Å². The van der Waals surface area contributed by atoms with Crippen molar-refractivity contribution in [3.8, 4) is 11.5 Å². The molecule has 1 aliphatic carbocycles. The van der Waals surface area contributed by atoms with Gasteiger partial charge in [0.2, 0.25) is 0 Å². The van der Waals surface area contributed by atoms with Crippen LogP contribution in [0.2, 0.25) is 5.02 Å². The second-order valence-corrected chi connectivity index (χ2v) is 10.4. The number of esters is 1. The van der Waals surface area contributed by atoms with E-state index in [1.807, 2.05) is 63.4 Å². The Labute approximate surface area is 218 Å². The molecule has 6 nitrogen and oxygen atoms in total. The van der Waals surface area contributed by atoms with Gasteiger partial charge in [-0.3, -0.25) is 4.98 Å². The van der Waals surface area contributed by atoms with Crippen LogP contribution in [-0.2, 0) is 11.3 Å². The summed E-state index contributed by atoms with van der Waals surface area (Å²) in [5, 5.41) is 0.328. The van der Waals surface area contributed by atoms with Crippen molar-refractivity contribution in [1.82, 2.24) is 4.98 Å². The summed E-state index contributed by atoms with van der Waals surface area (Å²) in [6.07, 6.45) is 8.25. The van der Waals surface area contributed by atoms with E-state index < -0.39 is 11.6 Å². The number of ether oxygens (including phenoxy) is 3. The van der Waals surface area contributed by atoms with E-state index in [1.54, 1.807) is 25.4 Å². The van der Waals surface area contributed by atoms with E-state index in [0.717, 1.165) is 35.5 Å². The third-order valence-corrected chi connectivity index (χ3v) is 6.31. The van der Waals surface area contributed by atoms with E-state index >= 15 is 0 Å². The molecule has 1 fully saturated rings. The quantitative estimate of drug-likeness (QED) is 0.296. The van der Waals surface area contributed by atoms with Crippen LogP contribution in [0.4, 0.5) is 11.4 Å². The van der Waals surface area contributed by atoms with Crippen LogP contribution < -0.4 is 14.4 Å². The van der Waals surface area contributed by atoms with E-state index in [1.165, 1.54) is 12.8 Å². The van der Waals surface area contributed by atoms with Gasteiger partial charge in [0.1, 0.15) is 5.60 Å². The zero-order chi connectivity index (χ0) is 25.7. The lowest BCUT2D eigenvalue weighted by Crippen LogP contribution is -2.24. The highest BCUT2D eigenvalue weighted by atomic mass is 35.5. The third-order valence-electron chi connectivity index (χ3n) is 6.00. The second-order valence-electron chi connectivity index (χ2n) is 9.97. The molecule has 0 atom stereocenters. The Morgan fingerprint density at radius 3 is 2.42 bits per heavy atom. The lowest BCUT2D eigenvalue weighted by molar-refractivity contribution is 0.00697. The molecule has 1 aliphatic rings. The zero-order valence-corrected chi connectivity index (χ0v) is 22.0. The Kier molecular flexibility index (Phi) is 8.04. The molecule has 0 N–H and O–H groups in total. The van der Waals surface area contributed by atoms with Crippen LogP contribution >= 0.6 is 11.6 Å². The Morgan fingerprint density at radius 2 is 1.78 bits per heavy atom. The maximum atomic E-state index is 12.6. The molecule has 1 saturated carbocycles. The molecule has 0 unspecified atom stereocenters. The highest BCUT2D eigenvalue weighted by Crippen LogP contribution is 2.38. The van der Waals surface area contributed by atoms with E-state index in [-0.39, 0.29) is 6.10 Å². The van der Waals surface area contributed by atoms with Gasteiger partial charge in [-0.1, -0.05) is 17.7 Å². The summed E-state index contributed by atoms with van der Waals surface area (Å²) in [4.78, 5) is 19.0. The van der Waals surface area contributed by atoms with Gasteiger partial charge in [-0.25, -0.2) is 4.79 Å². The molecule has 3 aromatic rings. The van der Waals surface area contributed by atoms with Crippen LogP contribution in [-0.4, -0.2) is 29.8 Å². The van der Waals surface area contributed by atoms with Crippen LogP contribution in [0.15, 0.2) is 60.9 Å². The van der Waals surface area contributed by atoms with Gasteiger partial charge in [0.25, 0.3) is 0 Å². The van der Waals surface area contributed by atoms with Crippen LogP contribution in [0.5, 0.6) is 11.5 Å². The first kappa shape index (κ1) is 25.8. The van der Waals surface area contributed by atoms with Crippen LogP contribution in [0, 0.1) is 0 Å². The fourth-order valence-electron chi connectivity index (χ4n) is 4.29. The molecule has 0 spiro atoms. The Balaban J connectivity index is 1.70. The summed E-state index contributed by atoms with van der Waals surface area (Å²) < 4.78 is 17.4. The first-order chi connectivity index (χ1) is 17.2. The number of halogens is 1. The van der Waals surface area contributed by atoms with Crippen molar-refractivity contribution >= 4 is 28.9 Å². The van der Waals surface area contributed by atoms with Gasteiger partial charge in [-0.05, 0) is 88.4 Å². The summed E-state index contributed by atoms with van der Waals surface area (Å²) in [6, 6.07) is 15.2. The monoisotopic (exact) mass is 508 g/mol. The van der Waals surface area contributed by atoms with Crippen LogP contribution in [0.3, 0.4) is 0 Å². The number of aromatic nitrogens is 1. The lowest BCUT2D eigenvalue weighted by Gasteiger charge is -2.27. The fraction of sp³-hybridized carbons (Fsp3) is 0.379. The maximum absolute atomic E-state index is 12.6. The molecule has 36 heavy (non-hydrogen) atoms. The second kappa shape index (κ2) is 11.2. The molecule has 0 radical (unpaired) electrons. The smallest absolute Gasteiger partial charge is 0.340 e. The number of carbonyl (C=O) groups excluding carboxylic acids is 1. The van der Waals surface area contributed by atoms with E-state index in [9.17, 15) is 4.79 Å². The number of anilines is 2. The number of rotatable bonds is 8. The standard InChI is InChI=1S/C29H33ClN2O4/c1-29(2,3)36-28(33)24-13-11-21(16-25(24)30)32(19-20-8-7-15-31-18-20)22-12-14-26(34-4)27(17-22)35-23-9-5-6-10-23/h7-8,11-18,23H,5-6,9-10,19H2,1-4H3. The molecule has 0 aliphatic heterocycles. The SMILES string of the molecule is COc1ccc(N(Cc2cccnc2)c2ccc(C(=O)OC(C)(C)C)c(Cl)c2)cc1OC1CCCC1. The van der Waals surface area contributed by atoms with Gasteiger partial charge in [0.15, 0.2) is 11.5 Å². The Bertz CT molecular complexity index is 1190. The Morgan fingerprint density at radius 1 is 1.06 bits per heavy atom. The van der Waals surface area contributed by atoms with Crippen molar-refractivity contribution in [2.24, 2.45) is 0 Å². The highest BCUT2D eigenvalue weighted by Gasteiger charge is 2.23. The van der Waals surface area contributed by atoms with Crippen molar-refractivity contribution in [2.45, 2.75) is 64.7 Å². The number of benzene rings is 2. The molecule has 1 aromatic heterocycles. The first-order valence-electron chi connectivity index (χ1n) is 12.3. The molecule has 190 valence electrons. The largest absolute Gasteiger partial charge is 0.493 e.